The largest absolute Gasteiger partial charge is 0.466 e. The number of hydrogen-bond donors (Lipinski definition) is 0. The minimum atomic E-state index is -1.78. The Morgan fingerprint density at radius 2 is 1.96 bits per heavy atom. The predicted molar refractivity (Wildman–Crippen MR) is 95.9 cm³/mol. The fourth-order valence-electron chi connectivity index (χ4n) is 1.90. The summed E-state index contributed by atoms with van der Waals surface area (Å²) < 4.78 is 11.2. The lowest BCUT2D eigenvalue weighted by atomic mass is 10.0. The second kappa shape index (κ2) is 8.06. The SMILES string of the molecule is CCOC(=O)CC(C)c1cccc(CO[Si](C)(C)C(C)(C)C)n1. The van der Waals surface area contributed by atoms with Gasteiger partial charge in [0.15, 0.2) is 8.32 Å². The van der Waals surface area contributed by atoms with Gasteiger partial charge in [0.25, 0.3) is 0 Å². The first kappa shape index (κ1) is 19.8. The Hall–Kier alpha value is -1.20. The summed E-state index contributed by atoms with van der Waals surface area (Å²) in [6, 6.07) is 5.92. The number of pyridine rings is 1. The van der Waals surface area contributed by atoms with Crippen LogP contribution in [0.25, 0.3) is 0 Å². The van der Waals surface area contributed by atoms with Gasteiger partial charge in [-0.25, -0.2) is 0 Å². The van der Waals surface area contributed by atoms with Gasteiger partial charge in [0.1, 0.15) is 0 Å². The van der Waals surface area contributed by atoms with Gasteiger partial charge in [-0.2, -0.15) is 0 Å². The van der Waals surface area contributed by atoms with Gasteiger partial charge in [-0.15, -0.1) is 0 Å². The van der Waals surface area contributed by atoms with Crippen molar-refractivity contribution in [1.29, 1.82) is 0 Å². The van der Waals surface area contributed by atoms with Crippen molar-refractivity contribution in [2.75, 3.05) is 6.61 Å². The fraction of sp³-hybridized carbons (Fsp3) is 0.667. The molecule has 0 fully saturated rings. The van der Waals surface area contributed by atoms with Gasteiger partial charge >= 0.3 is 5.97 Å². The maximum atomic E-state index is 11.6. The van der Waals surface area contributed by atoms with Crippen LogP contribution in [0.5, 0.6) is 0 Å². The van der Waals surface area contributed by atoms with E-state index in [0.717, 1.165) is 11.4 Å². The molecule has 0 aliphatic carbocycles. The topological polar surface area (TPSA) is 48.4 Å². The smallest absolute Gasteiger partial charge is 0.306 e. The molecule has 1 aromatic heterocycles. The predicted octanol–water partition coefficient (Wildman–Crippen LogP) is 4.66. The summed E-state index contributed by atoms with van der Waals surface area (Å²) in [6.45, 7) is 15.9. The number of nitrogens with zero attached hydrogens (tertiary/aromatic N) is 1. The Bertz CT molecular complexity index is 523. The van der Waals surface area contributed by atoms with Crippen molar-refractivity contribution >= 4 is 14.3 Å². The molecular weight excluding hydrogens is 306 g/mol. The molecule has 0 aliphatic heterocycles. The highest BCUT2D eigenvalue weighted by Crippen LogP contribution is 2.37. The van der Waals surface area contributed by atoms with Gasteiger partial charge in [0, 0.05) is 11.6 Å². The van der Waals surface area contributed by atoms with Crippen LogP contribution in [-0.2, 0) is 20.6 Å². The maximum absolute atomic E-state index is 11.6. The highest BCUT2D eigenvalue weighted by atomic mass is 28.4. The molecule has 0 spiro atoms. The number of carbonyl (C=O) groups excluding carboxylic acids is 1. The third-order valence-corrected chi connectivity index (χ3v) is 8.98. The standard InChI is InChI=1S/C18H31NO3Si/c1-8-21-17(20)12-14(2)16-11-9-10-15(19-16)13-22-23(6,7)18(3,4)5/h9-11,14H,8,12-13H2,1-7H3. The molecule has 1 rings (SSSR count). The van der Waals surface area contributed by atoms with Gasteiger partial charge in [0.2, 0.25) is 0 Å². The normalized spacial score (nSPS) is 13.7. The van der Waals surface area contributed by atoms with E-state index in [1.165, 1.54) is 0 Å². The molecule has 23 heavy (non-hydrogen) atoms. The van der Waals surface area contributed by atoms with Crippen LogP contribution >= 0.6 is 0 Å². The van der Waals surface area contributed by atoms with Gasteiger partial charge < -0.3 is 9.16 Å². The van der Waals surface area contributed by atoms with E-state index in [-0.39, 0.29) is 16.9 Å². The summed E-state index contributed by atoms with van der Waals surface area (Å²) in [7, 11) is -1.78. The van der Waals surface area contributed by atoms with Crippen molar-refractivity contribution in [1.82, 2.24) is 4.98 Å². The molecular formula is C18H31NO3Si. The lowest BCUT2D eigenvalue weighted by molar-refractivity contribution is -0.143. The number of hydrogen-bond acceptors (Lipinski definition) is 4. The van der Waals surface area contributed by atoms with Crippen LogP contribution in [0.3, 0.4) is 0 Å². The average Bonchev–Trinajstić information content (AvgIpc) is 2.44. The number of rotatable bonds is 7. The zero-order valence-corrected chi connectivity index (χ0v) is 16.6. The highest BCUT2D eigenvalue weighted by Gasteiger charge is 2.37. The van der Waals surface area contributed by atoms with E-state index in [0.29, 0.717) is 19.6 Å². The first-order valence-corrected chi connectivity index (χ1v) is 11.2. The molecule has 130 valence electrons. The summed E-state index contributed by atoms with van der Waals surface area (Å²) in [5.41, 5.74) is 1.83. The first-order valence-electron chi connectivity index (χ1n) is 8.32. The molecule has 4 nitrogen and oxygen atoms in total. The maximum Gasteiger partial charge on any atom is 0.306 e. The molecule has 0 aromatic carbocycles. The van der Waals surface area contributed by atoms with Crippen molar-refractivity contribution in [3.8, 4) is 0 Å². The molecule has 0 saturated heterocycles. The van der Waals surface area contributed by atoms with Crippen molar-refractivity contribution in [2.24, 2.45) is 0 Å². The lowest BCUT2D eigenvalue weighted by Crippen LogP contribution is -2.40. The Balaban J connectivity index is 2.72. The van der Waals surface area contributed by atoms with Gasteiger partial charge in [-0.05, 0) is 37.2 Å². The number of aromatic nitrogens is 1. The Morgan fingerprint density at radius 1 is 1.30 bits per heavy atom. The Labute approximate surface area is 141 Å². The van der Waals surface area contributed by atoms with Crippen LogP contribution < -0.4 is 0 Å². The highest BCUT2D eigenvalue weighted by molar-refractivity contribution is 6.74. The van der Waals surface area contributed by atoms with Gasteiger partial charge in [-0.1, -0.05) is 33.8 Å². The first-order chi connectivity index (χ1) is 10.6. The summed E-state index contributed by atoms with van der Waals surface area (Å²) >= 11 is 0. The molecule has 0 radical (unpaired) electrons. The average molecular weight is 338 g/mol. The van der Waals surface area contributed by atoms with Crippen LogP contribution in [0.15, 0.2) is 18.2 Å². The molecule has 1 heterocycles. The molecule has 0 bridgehead atoms. The van der Waals surface area contributed by atoms with E-state index < -0.39 is 8.32 Å². The van der Waals surface area contributed by atoms with Crippen LogP contribution in [0.4, 0.5) is 0 Å². The third-order valence-electron chi connectivity index (χ3n) is 4.50. The van der Waals surface area contributed by atoms with Crippen LogP contribution in [-0.4, -0.2) is 25.9 Å². The quantitative estimate of drug-likeness (QED) is 0.536. The molecule has 1 aromatic rings. The summed E-state index contributed by atoms with van der Waals surface area (Å²) in [5, 5.41) is 0.182. The van der Waals surface area contributed by atoms with Crippen LogP contribution in [0.1, 0.15) is 58.3 Å². The zero-order valence-electron chi connectivity index (χ0n) is 15.6. The van der Waals surface area contributed by atoms with Gasteiger partial charge in [-0.3, -0.25) is 9.78 Å². The fourth-order valence-corrected chi connectivity index (χ4v) is 2.84. The second-order valence-electron chi connectivity index (χ2n) is 7.51. The molecule has 0 amide bonds. The number of esters is 1. The van der Waals surface area contributed by atoms with Crippen molar-refractivity contribution in [3.05, 3.63) is 29.6 Å². The van der Waals surface area contributed by atoms with Crippen molar-refractivity contribution in [2.45, 2.75) is 71.7 Å². The monoisotopic (exact) mass is 337 g/mol. The summed E-state index contributed by atoms with van der Waals surface area (Å²) in [6.07, 6.45) is 0.355. The molecule has 0 aliphatic rings. The minimum absolute atomic E-state index is 0.0434. The van der Waals surface area contributed by atoms with E-state index in [9.17, 15) is 4.79 Å². The Morgan fingerprint density at radius 3 is 2.52 bits per heavy atom. The molecule has 0 N–H and O–H groups in total. The molecule has 5 heteroatoms. The molecule has 1 unspecified atom stereocenters. The summed E-state index contributed by atoms with van der Waals surface area (Å²) in [5.74, 6) is -0.133. The van der Waals surface area contributed by atoms with E-state index >= 15 is 0 Å². The van der Waals surface area contributed by atoms with E-state index in [2.05, 4.69) is 38.8 Å². The van der Waals surface area contributed by atoms with Crippen molar-refractivity contribution in [3.63, 3.8) is 0 Å². The summed E-state index contributed by atoms with van der Waals surface area (Å²) in [4.78, 5) is 16.3. The lowest BCUT2D eigenvalue weighted by Gasteiger charge is -2.36. The molecule has 0 saturated carbocycles. The van der Waals surface area contributed by atoms with Gasteiger partial charge in [0.05, 0.1) is 25.3 Å². The van der Waals surface area contributed by atoms with Crippen LogP contribution in [0, 0.1) is 0 Å². The van der Waals surface area contributed by atoms with Crippen molar-refractivity contribution < 1.29 is 14.0 Å². The molecule has 1 atom stereocenters. The second-order valence-corrected chi connectivity index (χ2v) is 12.3. The zero-order chi connectivity index (χ0) is 17.7. The Kier molecular flexibility index (Phi) is 6.95. The third kappa shape index (κ3) is 6.07. The minimum Gasteiger partial charge on any atom is -0.466 e. The van der Waals surface area contributed by atoms with E-state index in [1.807, 2.05) is 32.0 Å². The number of ether oxygens (including phenoxy) is 1. The van der Waals surface area contributed by atoms with E-state index in [1.54, 1.807) is 0 Å². The van der Waals surface area contributed by atoms with E-state index in [4.69, 9.17) is 9.16 Å². The number of carbonyl (C=O) groups is 1. The van der Waals surface area contributed by atoms with Crippen LogP contribution in [0.2, 0.25) is 18.1 Å².